The van der Waals surface area contributed by atoms with Crippen LogP contribution >= 0.6 is 0 Å². The first-order valence-electron chi connectivity index (χ1n) is 5.22. The molecule has 6 heteroatoms. The van der Waals surface area contributed by atoms with Crippen LogP contribution in [0.15, 0.2) is 18.2 Å². The maximum atomic E-state index is 12.1. The highest BCUT2D eigenvalue weighted by Crippen LogP contribution is 2.30. The van der Waals surface area contributed by atoms with Gasteiger partial charge in [-0.3, -0.25) is 4.79 Å². The third-order valence-corrected chi connectivity index (χ3v) is 2.60. The van der Waals surface area contributed by atoms with Gasteiger partial charge >= 0.3 is 12.1 Å². The maximum absolute atomic E-state index is 12.1. The third-order valence-electron chi connectivity index (χ3n) is 2.60. The molecule has 0 saturated carbocycles. The summed E-state index contributed by atoms with van der Waals surface area (Å²) in [5.74, 6) is -1.93. The number of rotatable bonds is 1. The van der Waals surface area contributed by atoms with Crippen LogP contribution in [0.2, 0.25) is 0 Å². The van der Waals surface area contributed by atoms with Crippen LogP contribution in [0, 0.1) is 0 Å². The number of halogens is 3. The zero-order chi connectivity index (χ0) is 12.5. The van der Waals surface area contributed by atoms with Crippen LogP contribution in [-0.4, -0.2) is 18.6 Å². The Morgan fingerprint density at radius 1 is 1.35 bits per heavy atom. The topological polar surface area (TPSA) is 41.1 Å². The van der Waals surface area contributed by atoms with E-state index in [2.05, 4.69) is 5.32 Å². The minimum absolute atomic E-state index is 0.233. The monoisotopic (exact) mass is 244 g/mol. The Bertz CT molecular complexity index is 443. The van der Waals surface area contributed by atoms with E-state index in [0.29, 0.717) is 6.42 Å². The lowest BCUT2D eigenvalue weighted by Gasteiger charge is -2.21. The van der Waals surface area contributed by atoms with Crippen molar-refractivity contribution in [2.24, 2.45) is 0 Å². The molecule has 0 atom stereocenters. The number of alkyl halides is 3. The van der Waals surface area contributed by atoms with Crippen molar-refractivity contribution in [3.05, 3.63) is 23.8 Å². The van der Waals surface area contributed by atoms with Crippen LogP contribution in [0.4, 0.5) is 24.5 Å². The summed E-state index contributed by atoms with van der Waals surface area (Å²) in [5.41, 5.74) is 1.75. The molecule has 0 fully saturated rings. The van der Waals surface area contributed by atoms with Crippen LogP contribution in [0.3, 0.4) is 0 Å². The van der Waals surface area contributed by atoms with Crippen molar-refractivity contribution in [3.8, 4) is 0 Å². The Hall–Kier alpha value is -1.72. The zero-order valence-corrected chi connectivity index (χ0v) is 8.90. The summed E-state index contributed by atoms with van der Waals surface area (Å²) in [7, 11) is 0. The predicted octanol–water partition coefficient (Wildman–Crippen LogP) is 2.55. The van der Waals surface area contributed by atoms with Crippen molar-refractivity contribution in [1.29, 1.82) is 0 Å². The van der Waals surface area contributed by atoms with Crippen LogP contribution in [0.5, 0.6) is 0 Å². The van der Waals surface area contributed by atoms with Crippen molar-refractivity contribution in [3.63, 3.8) is 0 Å². The molecule has 1 amide bonds. The van der Waals surface area contributed by atoms with Gasteiger partial charge in [0.15, 0.2) is 0 Å². The largest absolute Gasteiger partial charge is 0.471 e. The van der Waals surface area contributed by atoms with Gasteiger partial charge in [0.2, 0.25) is 0 Å². The van der Waals surface area contributed by atoms with Crippen molar-refractivity contribution in [2.75, 3.05) is 17.2 Å². The molecule has 0 aliphatic carbocycles. The van der Waals surface area contributed by atoms with Gasteiger partial charge in [0.05, 0.1) is 0 Å². The van der Waals surface area contributed by atoms with E-state index in [1.165, 1.54) is 6.07 Å². The number of benzene rings is 1. The molecule has 0 saturated heterocycles. The van der Waals surface area contributed by atoms with E-state index in [4.69, 9.17) is 0 Å². The van der Waals surface area contributed by atoms with Gasteiger partial charge in [-0.1, -0.05) is 6.07 Å². The van der Waals surface area contributed by atoms with Gasteiger partial charge in [-0.15, -0.1) is 0 Å². The number of carbonyl (C=O) groups excluding carboxylic acids is 1. The van der Waals surface area contributed by atoms with E-state index in [1.807, 2.05) is 5.32 Å². The molecule has 1 aliphatic rings. The quantitative estimate of drug-likeness (QED) is 0.797. The molecule has 1 aliphatic heterocycles. The van der Waals surface area contributed by atoms with Gasteiger partial charge < -0.3 is 10.6 Å². The summed E-state index contributed by atoms with van der Waals surface area (Å²) >= 11 is 0. The molecule has 17 heavy (non-hydrogen) atoms. The maximum Gasteiger partial charge on any atom is 0.471 e. The molecule has 92 valence electrons. The lowest BCUT2D eigenvalue weighted by Crippen LogP contribution is -2.30. The second-order valence-electron chi connectivity index (χ2n) is 3.81. The number of nitrogens with one attached hydrogen (secondary N) is 2. The highest BCUT2D eigenvalue weighted by Gasteiger charge is 2.39. The highest BCUT2D eigenvalue weighted by atomic mass is 19.4. The highest BCUT2D eigenvalue weighted by molar-refractivity contribution is 5.96. The van der Waals surface area contributed by atoms with Crippen molar-refractivity contribution in [2.45, 2.75) is 19.0 Å². The summed E-state index contributed by atoms with van der Waals surface area (Å²) < 4.78 is 36.4. The standard InChI is InChI=1S/C11H11F3N2O/c12-11(13,14)10(17)16-9-5-1-4-8-7(9)3-2-6-15-8/h1,4-5,15H,2-3,6H2,(H,16,17). The van der Waals surface area contributed by atoms with E-state index in [9.17, 15) is 18.0 Å². The first kappa shape index (κ1) is 11.8. The molecule has 0 radical (unpaired) electrons. The molecule has 0 bridgehead atoms. The minimum atomic E-state index is -4.86. The molecule has 0 aromatic heterocycles. The second-order valence-corrected chi connectivity index (χ2v) is 3.81. The first-order valence-corrected chi connectivity index (χ1v) is 5.22. The number of hydrogen-bond donors (Lipinski definition) is 2. The fraction of sp³-hybridized carbons (Fsp3) is 0.364. The summed E-state index contributed by atoms with van der Waals surface area (Å²) in [6.45, 7) is 0.795. The van der Waals surface area contributed by atoms with E-state index in [1.54, 1.807) is 12.1 Å². The van der Waals surface area contributed by atoms with E-state index in [0.717, 1.165) is 24.2 Å². The molecule has 2 rings (SSSR count). The number of hydrogen-bond acceptors (Lipinski definition) is 2. The first-order chi connectivity index (χ1) is 7.98. The fourth-order valence-electron chi connectivity index (χ4n) is 1.82. The van der Waals surface area contributed by atoms with E-state index >= 15 is 0 Å². The van der Waals surface area contributed by atoms with Gasteiger partial charge in [0.1, 0.15) is 0 Å². The normalized spacial score (nSPS) is 14.8. The van der Waals surface area contributed by atoms with Crippen LogP contribution in [0.1, 0.15) is 12.0 Å². The zero-order valence-electron chi connectivity index (χ0n) is 8.90. The summed E-state index contributed by atoms with van der Waals surface area (Å²) in [4.78, 5) is 10.9. The smallest absolute Gasteiger partial charge is 0.385 e. The Labute approximate surface area is 96.0 Å². The van der Waals surface area contributed by atoms with Gasteiger partial charge in [0.25, 0.3) is 0 Å². The number of amides is 1. The van der Waals surface area contributed by atoms with E-state index < -0.39 is 12.1 Å². The Balaban J connectivity index is 2.25. The van der Waals surface area contributed by atoms with Crippen LogP contribution in [0.25, 0.3) is 0 Å². The van der Waals surface area contributed by atoms with Crippen LogP contribution < -0.4 is 10.6 Å². The van der Waals surface area contributed by atoms with Crippen molar-refractivity contribution in [1.82, 2.24) is 0 Å². The van der Waals surface area contributed by atoms with E-state index in [-0.39, 0.29) is 5.69 Å². The van der Waals surface area contributed by atoms with Gasteiger partial charge in [-0.05, 0) is 30.5 Å². The molecule has 0 spiro atoms. The Kier molecular flexibility index (Phi) is 2.95. The molecule has 1 heterocycles. The number of fused-ring (bicyclic) bond motifs is 1. The number of carbonyl (C=O) groups is 1. The van der Waals surface area contributed by atoms with Crippen LogP contribution in [-0.2, 0) is 11.2 Å². The molecule has 1 aromatic rings. The van der Waals surface area contributed by atoms with Gasteiger partial charge in [0, 0.05) is 17.9 Å². The van der Waals surface area contributed by atoms with Gasteiger partial charge in [-0.25, -0.2) is 0 Å². The van der Waals surface area contributed by atoms with Crippen molar-refractivity contribution < 1.29 is 18.0 Å². The molecular formula is C11H11F3N2O. The Morgan fingerprint density at radius 3 is 2.82 bits per heavy atom. The lowest BCUT2D eigenvalue weighted by molar-refractivity contribution is -0.167. The molecular weight excluding hydrogens is 233 g/mol. The second kappa shape index (κ2) is 4.27. The third kappa shape index (κ3) is 2.51. The lowest BCUT2D eigenvalue weighted by atomic mass is 10.0. The summed E-state index contributed by atoms with van der Waals surface area (Å²) in [5, 5.41) is 4.99. The Morgan fingerprint density at radius 2 is 2.12 bits per heavy atom. The van der Waals surface area contributed by atoms with Crippen molar-refractivity contribution >= 4 is 17.3 Å². The summed E-state index contributed by atoms with van der Waals surface area (Å²) in [6, 6.07) is 4.89. The average Bonchev–Trinajstić information content (AvgIpc) is 2.28. The molecule has 2 N–H and O–H groups in total. The average molecular weight is 244 g/mol. The molecule has 1 aromatic carbocycles. The number of anilines is 2. The predicted molar refractivity (Wildman–Crippen MR) is 57.9 cm³/mol. The molecule has 0 unspecified atom stereocenters. The summed E-state index contributed by atoms with van der Waals surface area (Å²) in [6.07, 6.45) is -3.35. The fourth-order valence-corrected chi connectivity index (χ4v) is 1.82. The molecule has 3 nitrogen and oxygen atoms in total. The SMILES string of the molecule is O=C(Nc1cccc2c1CCCN2)C(F)(F)F. The van der Waals surface area contributed by atoms with Gasteiger partial charge in [-0.2, -0.15) is 13.2 Å². The minimum Gasteiger partial charge on any atom is -0.385 e.